The van der Waals surface area contributed by atoms with E-state index < -0.39 is 11.7 Å². The molecule has 1 rings (SSSR count). The van der Waals surface area contributed by atoms with E-state index in [4.69, 9.17) is 0 Å². The molecule has 5 heteroatoms. The summed E-state index contributed by atoms with van der Waals surface area (Å²) in [5, 5.41) is 11.8. The van der Waals surface area contributed by atoms with Gasteiger partial charge in [0.25, 0.3) is 5.91 Å². The van der Waals surface area contributed by atoms with Crippen molar-refractivity contribution in [2.75, 3.05) is 6.61 Å². The first-order valence-electron chi connectivity index (χ1n) is 5.81. The van der Waals surface area contributed by atoms with Crippen molar-refractivity contribution in [1.82, 2.24) is 5.32 Å². The van der Waals surface area contributed by atoms with E-state index in [0.717, 1.165) is 0 Å². The van der Waals surface area contributed by atoms with Gasteiger partial charge in [-0.1, -0.05) is 19.9 Å². The molecule has 0 aliphatic rings. The molecular formula is C13H17BrFNO2. The molecule has 2 N–H and O–H groups in total. The molecule has 0 spiro atoms. The Bertz CT molecular complexity index is 423. The Kier molecular flexibility index (Phi) is 5.75. The minimum absolute atomic E-state index is 0.0217. The normalized spacial score (nSPS) is 12.6. The number of rotatable bonds is 5. The van der Waals surface area contributed by atoms with Gasteiger partial charge >= 0.3 is 0 Å². The first kappa shape index (κ1) is 15.1. The summed E-state index contributed by atoms with van der Waals surface area (Å²) < 4.78 is 13.9. The zero-order valence-electron chi connectivity index (χ0n) is 10.4. The molecule has 1 amide bonds. The number of aliphatic hydroxyl groups excluding tert-OH is 1. The van der Waals surface area contributed by atoms with Crippen molar-refractivity contribution in [3.8, 4) is 0 Å². The maximum atomic E-state index is 13.7. The molecule has 0 fully saturated rings. The topological polar surface area (TPSA) is 49.3 Å². The van der Waals surface area contributed by atoms with Gasteiger partial charge in [0.2, 0.25) is 0 Å². The Hall–Kier alpha value is -0.940. The van der Waals surface area contributed by atoms with Crippen molar-refractivity contribution in [2.24, 2.45) is 5.92 Å². The van der Waals surface area contributed by atoms with E-state index in [1.54, 1.807) is 6.07 Å². The Labute approximate surface area is 115 Å². The van der Waals surface area contributed by atoms with Crippen molar-refractivity contribution in [1.29, 1.82) is 0 Å². The van der Waals surface area contributed by atoms with Gasteiger partial charge in [-0.2, -0.15) is 0 Å². The maximum absolute atomic E-state index is 13.7. The van der Waals surface area contributed by atoms with Crippen LogP contribution >= 0.6 is 15.9 Å². The molecule has 0 bridgehead atoms. The summed E-state index contributed by atoms with van der Waals surface area (Å²) in [6, 6.07) is 4.19. The Balaban J connectivity index is 2.78. The summed E-state index contributed by atoms with van der Waals surface area (Å²) >= 11 is 3.03. The lowest BCUT2D eigenvalue weighted by molar-refractivity contribution is 0.0904. The van der Waals surface area contributed by atoms with Crippen molar-refractivity contribution < 1.29 is 14.3 Å². The zero-order chi connectivity index (χ0) is 13.7. The predicted molar refractivity (Wildman–Crippen MR) is 71.9 cm³/mol. The van der Waals surface area contributed by atoms with Crippen LogP contribution in [-0.2, 0) is 0 Å². The number of hydrogen-bond acceptors (Lipinski definition) is 2. The SMILES string of the molecule is CC(C)CC(CO)NC(=O)c1cccc(Br)c1F. The Morgan fingerprint density at radius 3 is 2.72 bits per heavy atom. The highest BCUT2D eigenvalue weighted by Crippen LogP contribution is 2.18. The molecule has 1 aromatic rings. The monoisotopic (exact) mass is 317 g/mol. The molecule has 0 aliphatic heterocycles. The Morgan fingerprint density at radius 1 is 1.50 bits per heavy atom. The smallest absolute Gasteiger partial charge is 0.254 e. The lowest BCUT2D eigenvalue weighted by Gasteiger charge is -2.18. The van der Waals surface area contributed by atoms with Crippen LogP contribution in [-0.4, -0.2) is 23.7 Å². The summed E-state index contributed by atoms with van der Waals surface area (Å²) in [5.41, 5.74) is -0.0217. The van der Waals surface area contributed by atoms with Gasteiger partial charge in [0, 0.05) is 0 Å². The minimum Gasteiger partial charge on any atom is -0.394 e. The van der Waals surface area contributed by atoms with E-state index >= 15 is 0 Å². The van der Waals surface area contributed by atoms with Crippen LogP contribution < -0.4 is 5.32 Å². The molecule has 0 saturated heterocycles. The number of halogens is 2. The van der Waals surface area contributed by atoms with Gasteiger partial charge in [0.05, 0.1) is 22.7 Å². The number of hydrogen-bond donors (Lipinski definition) is 2. The van der Waals surface area contributed by atoms with E-state index in [2.05, 4.69) is 21.2 Å². The second-order valence-electron chi connectivity index (χ2n) is 4.58. The summed E-state index contributed by atoms with van der Waals surface area (Å²) in [4.78, 5) is 11.9. The molecule has 100 valence electrons. The molecule has 3 nitrogen and oxygen atoms in total. The number of benzene rings is 1. The zero-order valence-corrected chi connectivity index (χ0v) is 12.0. The van der Waals surface area contributed by atoms with Gasteiger partial charge in [0.1, 0.15) is 5.82 Å². The summed E-state index contributed by atoms with van der Waals surface area (Å²) in [6.45, 7) is 3.84. The first-order valence-corrected chi connectivity index (χ1v) is 6.60. The van der Waals surface area contributed by atoms with Crippen LogP contribution in [0.5, 0.6) is 0 Å². The van der Waals surface area contributed by atoms with Crippen molar-refractivity contribution >= 4 is 21.8 Å². The third-order valence-electron chi connectivity index (χ3n) is 2.51. The average molecular weight is 318 g/mol. The molecule has 1 unspecified atom stereocenters. The van der Waals surface area contributed by atoms with E-state index in [1.165, 1.54) is 12.1 Å². The second kappa shape index (κ2) is 6.85. The summed E-state index contributed by atoms with van der Waals surface area (Å²) in [7, 11) is 0. The van der Waals surface area contributed by atoms with Crippen LogP contribution in [0.4, 0.5) is 4.39 Å². The van der Waals surface area contributed by atoms with Gasteiger partial charge in [-0.05, 0) is 40.4 Å². The fourth-order valence-electron chi connectivity index (χ4n) is 1.69. The summed E-state index contributed by atoms with van der Waals surface area (Å²) in [5.74, 6) is -0.750. The minimum atomic E-state index is -0.587. The molecule has 0 heterocycles. The largest absolute Gasteiger partial charge is 0.394 e. The van der Waals surface area contributed by atoms with Crippen LogP contribution in [0, 0.1) is 11.7 Å². The molecular weight excluding hydrogens is 301 g/mol. The molecule has 18 heavy (non-hydrogen) atoms. The van der Waals surface area contributed by atoms with Crippen molar-refractivity contribution in [3.63, 3.8) is 0 Å². The third kappa shape index (κ3) is 4.07. The molecule has 0 radical (unpaired) electrons. The van der Waals surface area contributed by atoms with Crippen LogP contribution in [0.15, 0.2) is 22.7 Å². The van der Waals surface area contributed by atoms with Gasteiger partial charge < -0.3 is 10.4 Å². The number of aliphatic hydroxyl groups is 1. The molecule has 0 aromatic heterocycles. The van der Waals surface area contributed by atoms with E-state index in [1.807, 2.05) is 13.8 Å². The fraction of sp³-hybridized carbons (Fsp3) is 0.462. The highest BCUT2D eigenvalue weighted by atomic mass is 79.9. The van der Waals surface area contributed by atoms with Crippen molar-refractivity contribution in [2.45, 2.75) is 26.3 Å². The van der Waals surface area contributed by atoms with Gasteiger partial charge in [-0.15, -0.1) is 0 Å². The lowest BCUT2D eigenvalue weighted by Crippen LogP contribution is -2.38. The highest BCUT2D eigenvalue weighted by molar-refractivity contribution is 9.10. The van der Waals surface area contributed by atoms with E-state index in [-0.39, 0.29) is 22.7 Å². The average Bonchev–Trinajstić information content (AvgIpc) is 2.31. The van der Waals surface area contributed by atoms with Crippen LogP contribution in [0.25, 0.3) is 0 Å². The van der Waals surface area contributed by atoms with Crippen LogP contribution in [0.1, 0.15) is 30.6 Å². The molecule has 0 aliphatic carbocycles. The van der Waals surface area contributed by atoms with Gasteiger partial charge in [-0.3, -0.25) is 4.79 Å². The maximum Gasteiger partial charge on any atom is 0.254 e. The van der Waals surface area contributed by atoms with E-state index in [0.29, 0.717) is 12.3 Å². The molecule has 1 atom stereocenters. The molecule has 1 aromatic carbocycles. The number of nitrogens with one attached hydrogen (secondary N) is 1. The predicted octanol–water partition coefficient (Wildman–Crippen LogP) is 2.73. The standard InChI is InChI=1S/C13H17BrFNO2/c1-8(2)6-9(7-17)16-13(18)10-4-3-5-11(14)12(10)15/h3-5,8-9,17H,6-7H2,1-2H3,(H,16,18). The first-order chi connectivity index (χ1) is 8.45. The van der Waals surface area contributed by atoms with Gasteiger partial charge in [-0.25, -0.2) is 4.39 Å². The fourth-order valence-corrected chi connectivity index (χ4v) is 2.06. The Morgan fingerprint density at radius 2 is 2.17 bits per heavy atom. The number of carbonyl (C=O) groups is 1. The third-order valence-corrected chi connectivity index (χ3v) is 3.12. The van der Waals surface area contributed by atoms with Crippen LogP contribution in [0.2, 0.25) is 0 Å². The summed E-state index contributed by atoms with van der Waals surface area (Å²) in [6.07, 6.45) is 0.651. The number of amides is 1. The quantitative estimate of drug-likeness (QED) is 0.877. The van der Waals surface area contributed by atoms with Crippen LogP contribution in [0.3, 0.4) is 0 Å². The van der Waals surface area contributed by atoms with Gasteiger partial charge in [0.15, 0.2) is 0 Å². The second-order valence-corrected chi connectivity index (χ2v) is 5.44. The molecule has 0 saturated carbocycles. The number of carbonyl (C=O) groups excluding carboxylic acids is 1. The van der Waals surface area contributed by atoms with Crippen molar-refractivity contribution in [3.05, 3.63) is 34.1 Å². The van der Waals surface area contributed by atoms with E-state index in [9.17, 15) is 14.3 Å². The lowest BCUT2D eigenvalue weighted by atomic mass is 10.0. The highest BCUT2D eigenvalue weighted by Gasteiger charge is 2.18.